The Morgan fingerprint density at radius 2 is 2.04 bits per heavy atom. The van der Waals surface area contributed by atoms with Crippen LogP contribution in [-0.2, 0) is 19.5 Å². The molecule has 0 aliphatic heterocycles. The molecule has 0 unspecified atom stereocenters. The Morgan fingerprint density at radius 1 is 1.35 bits per heavy atom. The van der Waals surface area contributed by atoms with Crippen molar-refractivity contribution in [2.24, 2.45) is 0 Å². The molecule has 2 rings (SSSR count). The molecule has 0 fully saturated rings. The van der Waals surface area contributed by atoms with Crippen molar-refractivity contribution in [3.8, 4) is 10.6 Å². The average molecular weight is 359 g/mol. The fourth-order valence-corrected chi connectivity index (χ4v) is 3.89. The maximum Gasteiger partial charge on any atom is 0.244 e. The smallest absolute Gasteiger partial charge is 0.244 e. The summed E-state index contributed by atoms with van der Waals surface area (Å²) in [5.41, 5.74) is 0.451. The summed E-state index contributed by atoms with van der Waals surface area (Å²) in [7, 11) is -0.822. The van der Waals surface area contributed by atoms with Gasteiger partial charge in [-0.25, -0.2) is 13.1 Å². The quantitative estimate of drug-likeness (QED) is 0.730. The third-order valence-corrected chi connectivity index (χ3v) is 5.54. The van der Waals surface area contributed by atoms with E-state index in [9.17, 15) is 8.42 Å². The van der Waals surface area contributed by atoms with Crippen LogP contribution in [0.15, 0.2) is 28.6 Å². The molecule has 23 heavy (non-hydrogen) atoms. The minimum absolute atomic E-state index is 0.0199. The second kappa shape index (κ2) is 7.54. The molecule has 0 aromatic carbocycles. The number of nitrogens with zero attached hydrogens (tertiary/aromatic N) is 2. The molecule has 2 aromatic rings. The molecule has 0 atom stereocenters. The van der Waals surface area contributed by atoms with Crippen molar-refractivity contribution in [2.45, 2.75) is 31.1 Å². The summed E-state index contributed by atoms with van der Waals surface area (Å²) in [5.74, 6) is 0. The van der Waals surface area contributed by atoms with Gasteiger partial charge in [-0.2, -0.15) is 5.10 Å². The molecule has 0 bridgehead atoms. The number of ether oxygens (including phenoxy) is 2. The van der Waals surface area contributed by atoms with Crippen molar-refractivity contribution in [3.05, 3.63) is 23.7 Å². The highest BCUT2D eigenvalue weighted by Crippen LogP contribution is 2.30. The highest BCUT2D eigenvalue weighted by molar-refractivity contribution is 7.89. The topological polar surface area (TPSA) is 82.5 Å². The monoisotopic (exact) mass is 359 g/mol. The molecule has 128 valence electrons. The number of hydrogen-bond acceptors (Lipinski definition) is 6. The molecule has 0 saturated heterocycles. The number of rotatable bonds is 8. The fourth-order valence-electron chi connectivity index (χ4n) is 1.94. The second-order valence-corrected chi connectivity index (χ2v) is 7.83. The SMILES string of the molecule is COC(CNS(=O)(=O)c1cn(C(C)C)nc1-c1cccs1)OC. The lowest BCUT2D eigenvalue weighted by molar-refractivity contribution is -0.0960. The Bertz CT molecular complexity index is 719. The van der Waals surface area contributed by atoms with E-state index in [1.54, 1.807) is 10.9 Å². The van der Waals surface area contributed by atoms with Gasteiger partial charge in [0, 0.05) is 26.5 Å². The number of thiophene rings is 1. The lowest BCUT2D eigenvalue weighted by atomic mass is 10.3. The van der Waals surface area contributed by atoms with Crippen molar-refractivity contribution < 1.29 is 17.9 Å². The van der Waals surface area contributed by atoms with Crippen LogP contribution in [0.4, 0.5) is 0 Å². The minimum atomic E-state index is -3.73. The molecular formula is C14H21N3O4S2. The van der Waals surface area contributed by atoms with E-state index in [4.69, 9.17) is 9.47 Å². The van der Waals surface area contributed by atoms with E-state index in [2.05, 4.69) is 9.82 Å². The summed E-state index contributed by atoms with van der Waals surface area (Å²) in [4.78, 5) is 0.958. The predicted octanol–water partition coefficient (Wildman–Crippen LogP) is 2.09. The summed E-state index contributed by atoms with van der Waals surface area (Å²) >= 11 is 1.45. The molecule has 0 radical (unpaired) electrons. The third-order valence-electron chi connectivity index (χ3n) is 3.24. The van der Waals surface area contributed by atoms with Gasteiger partial charge in [0.05, 0.1) is 11.4 Å². The highest BCUT2D eigenvalue weighted by Gasteiger charge is 2.25. The molecular weight excluding hydrogens is 338 g/mol. The Labute approximate surface area is 140 Å². The molecule has 0 aliphatic carbocycles. The first kappa shape index (κ1) is 18.1. The van der Waals surface area contributed by atoms with Crippen LogP contribution in [0.1, 0.15) is 19.9 Å². The zero-order valence-electron chi connectivity index (χ0n) is 13.5. The molecule has 2 heterocycles. The molecule has 0 saturated carbocycles. The van der Waals surface area contributed by atoms with Gasteiger partial charge in [0.15, 0.2) is 6.29 Å². The van der Waals surface area contributed by atoms with Crippen LogP contribution in [0.2, 0.25) is 0 Å². The second-order valence-electron chi connectivity index (χ2n) is 5.15. The van der Waals surface area contributed by atoms with Gasteiger partial charge in [0.2, 0.25) is 10.0 Å². The van der Waals surface area contributed by atoms with Crippen LogP contribution in [0.25, 0.3) is 10.6 Å². The van der Waals surface area contributed by atoms with Crippen LogP contribution in [-0.4, -0.2) is 45.3 Å². The Balaban J connectivity index is 2.37. The lowest BCUT2D eigenvalue weighted by Gasteiger charge is -2.14. The number of aromatic nitrogens is 2. The maximum absolute atomic E-state index is 12.6. The van der Waals surface area contributed by atoms with E-state index in [0.29, 0.717) is 5.69 Å². The molecule has 2 aromatic heterocycles. The van der Waals surface area contributed by atoms with Gasteiger partial charge >= 0.3 is 0 Å². The first-order valence-corrected chi connectivity index (χ1v) is 9.43. The summed E-state index contributed by atoms with van der Waals surface area (Å²) in [6.07, 6.45) is 0.909. The van der Waals surface area contributed by atoms with Gasteiger partial charge < -0.3 is 9.47 Å². The van der Waals surface area contributed by atoms with Gasteiger partial charge in [-0.05, 0) is 25.3 Å². The van der Waals surface area contributed by atoms with Gasteiger partial charge in [-0.3, -0.25) is 4.68 Å². The van der Waals surface area contributed by atoms with Crippen LogP contribution in [0.3, 0.4) is 0 Å². The maximum atomic E-state index is 12.6. The number of sulfonamides is 1. The van der Waals surface area contributed by atoms with Crippen molar-refractivity contribution in [1.29, 1.82) is 0 Å². The van der Waals surface area contributed by atoms with Crippen LogP contribution < -0.4 is 4.72 Å². The van der Waals surface area contributed by atoms with E-state index in [-0.39, 0.29) is 17.5 Å². The molecule has 0 spiro atoms. The van der Waals surface area contributed by atoms with Crippen molar-refractivity contribution in [1.82, 2.24) is 14.5 Å². The van der Waals surface area contributed by atoms with Gasteiger partial charge in [-0.15, -0.1) is 11.3 Å². The summed E-state index contributed by atoms with van der Waals surface area (Å²) in [6, 6.07) is 3.77. The first-order valence-electron chi connectivity index (χ1n) is 7.07. The fraction of sp³-hybridized carbons (Fsp3) is 0.500. The van der Waals surface area contributed by atoms with Crippen LogP contribution >= 0.6 is 11.3 Å². The molecule has 0 aliphatic rings. The average Bonchev–Trinajstić information content (AvgIpc) is 3.17. The predicted molar refractivity (Wildman–Crippen MR) is 88.9 cm³/mol. The molecule has 9 heteroatoms. The van der Waals surface area contributed by atoms with Gasteiger partial charge in [-0.1, -0.05) is 6.07 Å². The minimum Gasteiger partial charge on any atom is -0.355 e. The third kappa shape index (κ3) is 4.18. The lowest BCUT2D eigenvalue weighted by Crippen LogP contribution is -2.34. The van der Waals surface area contributed by atoms with Crippen molar-refractivity contribution >= 4 is 21.4 Å². The first-order chi connectivity index (χ1) is 10.9. The number of nitrogens with one attached hydrogen (secondary N) is 1. The Morgan fingerprint density at radius 3 is 2.57 bits per heavy atom. The summed E-state index contributed by atoms with van der Waals surface area (Å²) < 4.78 is 39.5. The zero-order valence-corrected chi connectivity index (χ0v) is 15.1. The normalized spacial score (nSPS) is 12.4. The standard InChI is InChI=1S/C14H21N3O4S2/c1-10(2)17-9-12(14(16-17)11-6-5-7-22-11)23(18,19)15-8-13(20-3)21-4/h5-7,9-10,13,15H,8H2,1-4H3. The van der Waals surface area contributed by atoms with E-state index < -0.39 is 16.3 Å². The van der Waals surface area contributed by atoms with Crippen molar-refractivity contribution in [2.75, 3.05) is 20.8 Å². The van der Waals surface area contributed by atoms with Crippen LogP contribution in [0.5, 0.6) is 0 Å². The highest BCUT2D eigenvalue weighted by atomic mass is 32.2. The van der Waals surface area contributed by atoms with Crippen molar-refractivity contribution in [3.63, 3.8) is 0 Å². The summed E-state index contributed by atoms with van der Waals surface area (Å²) in [6.45, 7) is 3.91. The van der Waals surface area contributed by atoms with Gasteiger partial charge in [0.25, 0.3) is 0 Å². The largest absolute Gasteiger partial charge is 0.355 e. The van der Waals surface area contributed by atoms with Gasteiger partial charge in [0.1, 0.15) is 10.6 Å². The van der Waals surface area contributed by atoms with Crippen LogP contribution in [0, 0.1) is 0 Å². The Kier molecular flexibility index (Phi) is 5.93. The zero-order chi connectivity index (χ0) is 17.0. The van der Waals surface area contributed by atoms with E-state index >= 15 is 0 Å². The van der Waals surface area contributed by atoms with E-state index in [0.717, 1.165) is 4.88 Å². The molecule has 0 amide bonds. The van der Waals surface area contributed by atoms with E-state index in [1.165, 1.54) is 25.6 Å². The molecule has 7 nitrogen and oxygen atoms in total. The molecule has 1 N–H and O–H groups in total. The number of methoxy groups -OCH3 is 2. The van der Waals surface area contributed by atoms with E-state index in [1.807, 2.05) is 31.4 Å². The number of hydrogen-bond donors (Lipinski definition) is 1. The summed E-state index contributed by atoms with van der Waals surface area (Å²) in [5, 5.41) is 6.32. The Hall–Kier alpha value is -1.26.